The number of amides is 2. The van der Waals surface area contributed by atoms with Gasteiger partial charge >= 0.3 is 0 Å². The number of hydrogen-bond acceptors (Lipinski definition) is 3. The summed E-state index contributed by atoms with van der Waals surface area (Å²) in [4.78, 5) is 24.6. The Balaban J connectivity index is 1.88. The maximum atomic E-state index is 11.8. The predicted octanol–water partition coefficient (Wildman–Crippen LogP) is 2.69. The Kier molecular flexibility index (Phi) is 5.14. The summed E-state index contributed by atoms with van der Waals surface area (Å²) in [7, 11) is 1.70. The number of hydrogen-bond donors (Lipinski definition) is 1. The fourth-order valence-electron chi connectivity index (χ4n) is 1.81. The highest BCUT2D eigenvalue weighted by Gasteiger charge is 2.07. The molecule has 0 fully saturated rings. The highest BCUT2D eigenvalue weighted by Crippen LogP contribution is 2.17. The van der Waals surface area contributed by atoms with Gasteiger partial charge in [-0.2, -0.15) is 0 Å². The third kappa shape index (κ3) is 4.34. The van der Waals surface area contributed by atoms with Crippen molar-refractivity contribution < 1.29 is 14.3 Å². The largest absolute Gasteiger partial charge is 0.484 e. The van der Waals surface area contributed by atoms with Crippen molar-refractivity contribution >= 4 is 23.2 Å². The van der Waals surface area contributed by atoms with E-state index in [1.54, 1.807) is 43.4 Å². The predicted molar refractivity (Wildman–Crippen MR) is 86.1 cm³/mol. The van der Waals surface area contributed by atoms with E-state index in [1.807, 2.05) is 18.2 Å². The molecule has 0 saturated heterocycles. The van der Waals surface area contributed by atoms with Gasteiger partial charge in [0.1, 0.15) is 5.75 Å². The van der Waals surface area contributed by atoms with Crippen LogP contribution in [0.3, 0.4) is 0 Å². The Labute approximate surface area is 129 Å². The first kappa shape index (κ1) is 15.6. The van der Waals surface area contributed by atoms with E-state index in [-0.39, 0.29) is 18.4 Å². The first-order chi connectivity index (χ1) is 10.6. The van der Waals surface area contributed by atoms with Crippen LogP contribution < -0.4 is 15.0 Å². The molecule has 0 radical (unpaired) electrons. The molecule has 5 nitrogen and oxygen atoms in total. The van der Waals surface area contributed by atoms with Crippen molar-refractivity contribution in [3.05, 3.63) is 54.6 Å². The number of carbonyl (C=O) groups is 2. The smallest absolute Gasteiger partial charge is 0.262 e. The van der Waals surface area contributed by atoms with Crippen molar-refractivity contribution in [3.8, 4) is 5.75 Å². The van der Waals surface area contributed by atoms with Gasteiger partial charge in [0.15, 0.2) is 6.61 Å². The molecule has 2 amide bonds. The van der Waals surface area contributed by atoms with Crippen LogP contribution in [0, 0.1) is 0 Å². The summed E-state index contributed by atoms with van der Waals surface area (Å²) in [6.45, 7) is 1.44. The number of nitrogens with one attached hydrogen (secondary N) is 1. The van der Waals surface area contributed by atoms with Crippen LogP contribution in [-0.4, -0.2) is 25.5 Å². The molecule has 2 aromatic rings. The molecule has 5 heteroatoms. The molecule has 2 aromatic carbocycles. The van der Waals surface area contributed by atoms with Gasteiger partial charge in [0.25, 0.3) is 5.91 Å². The average Bonchev–Trinajstić information content (AvgIpc) is 2.54. The monoisotopic (exact) mass is 298 g/mol. The van der Waals surface area contributed by atoms with Crippen molar-refractivity contribution in [2.75, 3.05) is 23.9 Å². The van der Waals surface area contributed by atoms with Crippen molar-refractivity contribution in [3.63, 3.8) is 0 Å². The van der Waals surface area contributed by atoms with Gasteiger partial charge in [0.2, 0.25) is 5.91 Å². The SMILES string of the molecule is CC(=O)N(C)c1ccc(NC(=O)COc2ccccc2)cc1. The number of carbonyl (C=O) groups excluding carboxylic acids is 2. The molecule has 114 valence electrons. The van der Waals surface area contributed by atoms with Crippen molar-refractivity contribution in [1.82, 2.24) is 0 Å². The van der Waals surface area contributed by atoms with E-state index in [2.05, 4.69) is 5.32 Å². The summed E-state index contributed by atoms with van der Waals surface area (Å²) in [5, 5.41) is 2.74. The normalized spacial score (nSPS) is 9.91. The molecule has 0 aliphatic rings. The zero-order valence-electron chi connectivity index (χ0n) is 12.6. The van der Waals surface area contributed by atoms with E-state index in [0.717, 1.165) is 5.69 Å². The number of ether oxygens (including phenoxy) is 1. The second-order valence-corrected chi connectivity index (χ2v) is 4.77. The highest BCUT2D eigenvalue weighted by molar-refractivity contribution is 5.93. The van der Waals surface area contributed by atoms with Gasteiger partial charge in [0, 0.05) is 25.3 Å². The van der Waals surface area contributed by atoms with Crippen molar-refractivity contribution in [2.45, 2.75) is 6.92 Å². The minimum atomic E-state index is -0.239. The van der Waals surface area contributed by atoms with Crippen LogP contribution in [0.1, 0.15) is 6.92 Å². The third-order valence-corrected chi connectivity index (χ3v) is 3.12. The lowest BCUT2D eigenvalue weighted by atomic mass is 10.2. The Bertz CT molecular complexity index is 639. The molecule has 0 atom stereocenters. The fourth-order valence-corrected chi connectivity index (χ4v) is 1.81. The molecule has 0 saturated carbocycles. The van der Waals surface area contributed by atoms with Crippen LogP contribution in [0.15, 0.2) is 54.6 Å². The van der Waals surface area contributed by atoms with Crippen LogP contribution in [0.25, 0.3) is 0 Å². The van der Waals surface area contributed by atoms with Gasteiger partial charge in [-0.1, -0.05) is 18.2 Å². The fraction of sp³-hybridized carbons (Fsp3) is 0.176. The number of nitrogens with zero attached hydrogens (tertiary/aromatic N) is 1. The van der Waals surface area contributed by atoms with Crippen molar-refractivity contribution in [1.29, 1.82) is 0 Å². The number of anilines is 2. The maximum absolute atomic E-state index is 11.8. The summed E-state index contributed by atoms with van der Waals surface area (Å²) < 4.78 is 5.37. The molecule has 22 heavy (non-hydrogen) atoms. The van der Waals surface area contributed by atoms with Crippen LogP contribution in [0.5, 0.6) is 5.75 Å². The van der Waals surface area contributed by atoms with E-state index in [1.165, 1.54) is 11.8 Å². The zero-order chi connectivity index (χ0) is 15.9. The van der Waals surface area contributed by atoms with Crippen molar-refractivity contribution in [2.24, 2.45) is 0 Å². The lowest BCUT2D eigenvalue weighted by Gasteiger charge is -2.15. The van der Waals surface area contributed by atoms with E-state index < -0.39 is 0 Å². The van der Waals surface area contributed by atoms with Crippen LogP contribution >= 0.6 is 0 Å². The quantitative estimate of drug-likeness (QED) is 0.923. The summed E-state index contributed by atoms with van der Waals surface area (Å²) in [6.07, 6.45) is 0. The van der Waals surface area contributed by atoms with Gasteiger partial charge in [-0.3, -0.25) is 9.59 Å². The highest BCUT2D eigenvalue weighted by atomic mass is 16.5. The van der Waals surface area contributed by atoms with Gasteiger partial charge in [0.05, 0.1) is 0 Å². The minimum Gasteiger partial charge on any atom is -0.484 e. The zero-order valence-corrected chi connectivity index (χ0v) is 12.6. The maximum Gasteiger partial charge on any atom is 0.262 e. The van der Waals surface area contributed by atoms with Crippen LogP contribution in [0.2, 0.25) is 0 Å². The average molecular weight is 298 g/mol. The molecule has 0 spiro atoms. The Morgan fingerprint density at radius 2 is 1.68 bits per heavy atom. The summed E-state index contributed by atoms with van der Waals surface area (Å²) >= 11 is 0. The minimum absolute atomic E-state index is 0.0481. The second-order valence-electron chi connectivity index (χ2n) is 4.77. The van der Waals surface area contributed by atoms with E-state index in [4.69, 9.17) is 4.74 Å². The number of benzene rings is 2. The van der Waals surface area contributed by atoms with Gasteiger partial charge in [-0.15, -0.1) is 0 Å². The number of rotatable bonds is 5. The summed E-state index contributed by atoms with van der Waals surface area (Å²) in [6, 6.07) is 16.2. The molecule has 0 aromatic heterocycles. The van der Waals surface area contributed by atoms with Crippen LogP contribution in [0.4, 0.5) is 11.4 Å². The van der Waals surface area contributed by atoms with Gasteiger partial charge in [-0.25, -0.2) is 0 Å². The van der Waals surface area contributed by atoms with Crippen LogP contribution in [-0.2, 0) is 9.59 Å². The van der Waals surface area contributed by atoms with Gasteiger partial charge in [-0.05, 0) is 36.4 Å². The topological polar surface area (TPSA) is 58.6 Å². The Hall–Kier alpha value is -2.82. The molecule has 0 unspecified atom stereocenters. The Morgan fingerprint density at radius 1 is 1.05 bits per heavy atom. The molecule has 0 aliphatic carbocycles. The van der Waals surface area contributed by atoms with Gasteiger partial charge < -0.3 is 15.0 Å². The molecule has 0 bridgehead atoms. The first-order valence-electron chi connectivity index (χ1n) is 6.88. The molecular weight excluding hydrogens is 280 g/mol. The summed E-state index contributed by atoms with van der Waals surface area (Å²) in [5.41, 5.74) is 1.42. The molecule has 2 rings (SSSR count). The van der Waals surface area contributed by atoms with E-state index in [0.29, 0.717) is 11.4 Å². The first-order valence-corrected chi connectivity index (χ1v) is 6.88. The molecular formula is C17H18N2O3. The summed E-state index contributed by atoms with van der Waals surface area (Å²) in [5.74, 6) is 0.362. The molecule has 1 N–H and O–H groups in total. The Morgan fingerprint density at radius 3 is 2.27 bits per heavy atom. The second kappa shape index (κ2) is 7.26. The van der Waals surface area contributed by atoms with E-state index >= 15 is 0 Å². The standard InChI is InChI=1S/C17H18N2O3/c1-13(20)19(2)15-10-8-14(9-11-15)18-17(21)12-22-16-6-4-3-5-7-16/h3-11H,12H2,1-2H3,(H,18,21). The lowest BCUT2D eigenvalue weighted by molar-refractivity contribution is -0.118. The molecule has 0 aliphatic heterocycles. The lowest BCUT2D eigenvalue weighted by Crippen LogP contribution is -2.23. The third-order valence-electron chi connectivity index (χ3n) is 3.12. The van der Waals surface area contributed by atoms with E-state index in [9.17, 15) is 9.59 Å². The number of para-hydroxylation sites is 1. The molecule has 0 heterocycles.